The van der Waals surface area contributed by atoms with E-state index in [2.05, 4.69) is 10.9 Å². The molecule has 6 nitrogen and oxygen atoms in total. The number of carbonyl (C=O) groups is 2. The Morgan fingerprint density at radius 1 is 0.852 bits per heavy atom. The van der Waals surface area contributed by atoms with Gasteiger partial charge in [-0.05, 0) is 36.6 Å². The first-order valence-corrected chi connectivity index (χ1v) is 9.07. The average molecular weight is 370 g/mol. The number of para-hydroxylation sites is 2. The van der Waals surface area contributed by atoms with E-state index in [0.717, 1.165) is 6.42 Å². The first kappa shape index (κ1) is 20.3. The van der Waals surface area contributed by atoms with Crippen LogP contribution in [0.1, 0.15) is 47.9 Å². The average Bonchev–Trinajstić information content (AvgIpc) is 2.69. The molecular weight excluding hydrogens is 344 g/mol. The SMILES string of the molecule is CCCOc1ccccc1C(=O)NNC(=O)c1ccccc1OCC(C)C. The van der Waals surface area contributed by atoms with Crippen molar-refractivity contribution in [2.45, 2.75) is 27.2 Å². The summed E-state index contributed by atoms with van der Waals surface area (Å²) in [5.41, 5.74) is 5.58. The van der Waals surface area contributed by atoms with Gasteiger partial charge in [0, 0.05) is 0 Å². The highest BCUT2D eigenvalue weighted by molar-refractivity contribution is 6.01. The number of nitrogens with one attached hydrogen (secondary N) is 2. The Morgan fingerprint density at radius 3 is 1.81 bits per heavy atom. The monoisotopic (exact) mass is 370 g/mol. The van der Waals surface area contributed by atoms with Gasteiger partial charge < -0.3 is 9.47 Å². The first-order valence-electron chi connectivity index (χ1n) is 9.07. The fraction of sp³-hybridized carbons (Fsp3) is 0.333. The Hall–Kier alpha value is -3.02. The molecule has 2 aromatic carbocycles. The number of hydrogen-bond acceptors (Lipinski definition) is 4. The van der Waals surface area contributed by atoms with Gasteiger partial charge >= 0.3 is 0 Å². The van der Waals surface area contributed by atoms with Crippen LogP contribution in [0.3, 0.4) is 0 Å². The minimum absolute atomic E-state index is 0.334. The fourth-order valence-corrected chi connectivity index (χ4v) is 2.28. The van der Waals surface area contributed by atoms with Crippen molar-refractivity contribution in [3.8, 4) is 11.5 Å². The maximum atomic E-state index is 12.5. The normalized spacial score (nSPS) is 10.4. The van der Waals surface area contributed by atoms with Crippen molar-refractivity contribution in [3.05, 3.63) is 59.7 Å². The lowest BCUT2D eigenvalue weighted by molar-refractivity contribution is 0.0841. The molecule has 144 valence electrons. The van der Waals surface area contributed by atoms with Gasteiger partial charge in [0.2, 0.25) is 0 Å². The second-order valence-corrected chi connectivity index (χ2v) is 6.45. The van der Waals surface area contributed by atoms with E-state index in [1.165, 1.54) is 0 Å². The van der Waals surface area contributed by atoms with Crippen molar-refractivity contribution in [2.24, 2.45) is 5.92 Å². The minimum Gasteiger partial charge on any atom is -0.493 e. The van der Waals surface area contributed by atoms with E-state index in [1.54, 1.807) is 48.5 Å². The molecule has 0 radical (unpaired) electrons. The lowest BCUT2D eigenvalue weighted by atomic mass is 10.2. The van der Waals surface area contributed by atoms with E-state index >= 15 is 0 Å². The first-order chi connectivity index (χ1) is 13.0. The Labute approximate surface area is 159 Å². The van der Waals surface area contributed by atoms with Crippen LogP contribution in [0.15, 0.2) is 48.5 Å². The Bertz CT molecular complexity index is 774. The predicted octanol–water partition coefficient (Wildman–Crippen LogP) is 3.59. The highest BCUT2D eigenvalue weighted by Crippen LogP contribution is 2.19. The molecule has 2 rings (SSSR count). The lowest BCUT2D eigenvalue weighted by Crippen LogP contribution is -2.41. The van der Waals surface area contributed by atoms with Crippen LogP contribution in [-0.2, 0) is 0 Å². The van der Waals surface area contributed by atoms with E-state index in [1.807, 2.05) is 20.8 Å². The van der Waals surface area contributed by atoms with Crippen molar-refractivity contribution < 1.29 is 19.1 Å². The quantitative estimate of drug-likeness (QED) is 0.696. The van der Waals surface area contributed by atoms with Gasteiger partial charge in [0.25, 0.3) is 11.8 Å². The number of amides is 2. The number of ether oxygens (including phenoxy) is 2. The molecule has 0 aromatic heterocycles. The van der Waals surface area contributed by atoms with Crippen LogP contribution in [0.5, 0.6) is 11.5 Å². The van der Waals surface area contributed by atoms with Crippen LogP contribution >= 0.6 is 0 Å². The van der Waals surface area contributed by atoms with E-state index in [0.29, 0.717) is 41.8 Å². The van der Waals surface area contributed by atoms with Gasteiger partial charge in [-0.1, -0.05) is 45.0 Å². The molecule has 0 atom stereocenters. The van der Waals surface area contributed by atoms with Crippen LogP contribution < -0.4 is 20.3 Å². The van der Waals surface area contributed by atoms with Gasteiger partial charge in [0.05, 0.1) is 24.3 Å². The molecule has 0 aliphatic heterocycles. The molecule has 0 aliphatic carbocycles. The maximum absolute atomic E-state index is 12.5. The van der Waals surface area contributed by atoms with Crippen LogP contribution in [0, 0.1) is 5.92 Å². The van der Waals surface area contributed by atoms with Gasteiger partial charge in [0.1, 0.15) is 11.5 Å². The van der Waals surface area contributed by atoms with Crippen LogP contribution in [0.2, 0.25) is 0 Å². The third-order valence-corrected chi connectivity index (χ3v) is 3.59. The summed E-state index contributed by atoms with van der Waals surface area (Å²) in [6.45, 7) is 7.06. The molecule has 0 spiro atoms. The third kappa shape index (κ3) is 6.02. The summed E-state index contributed by atoms with van der Waals surface area (Å²) in [4.78, 5) is 24.9. The molecule has 27 heavy (non-hydrogen) atoms. The molecular formula is C21H26N2O4. The summed E-state index contributed by atoms with van der Waals surface area (Å²) in [6, 6.07) is 13.8. The molecule has 0 bridgehead atoms. The fourth-order valence-electron chi connectivity index (χ4n) is 2.28. The zero-order chi connectivity index (χ0) is 19.6. The highest BCUT2D eigenvalue weighted by Gasteiger charge is 2.16. The van der Waals surface area contributed by atoms with E-state index in [-0.39, 0.29) is 0 Å². The molecule has 0 aliphatic rings. The lowest BCUT2D eigenvalue weighted by Gasteiger charge is -2.14. The molecule has 0 saturated carbocycles. The molecule has 2 amide bonds. The summed E-state index contributed by atoms with van der Waals surface area (Å²) in [6.07, 6.45) is 0.833. The highest BCUT2D eigenvalue weighted by atomic mass is 16.5. The van der Waals surface area contributed by atoms with E-state index in [9.17, 15) is 9.59 Å². The van der Waals surface area contributed by atoms with Gasteiger partial charge in [-0.3, -0.25) is 20.4 Å². The van der Waals surface area contributed by atoms with Crippen molar-refractivity contribution >= 4 is 11.8 Å². The summed E-state index contributed by atoms with van der Waals surface area (Å²) in [7, 11) is 0. The molecule has 0 unspecified atom stereocenters. The number of hydrazine groups is 1. The zero-order valence-corrected chi connectivity index (χ0v) is 16.0. The maximum Gasteiger partial charge on any atom is 0.273 e. The molecule has 0 heterocycles. The molecule has 2 aromatic rings. The second kappa shape index (κ2) is 10.2. The Morgan fingerprint density at radius 2 is 1.33 bits per heavy atom. The summed E-state index contributed by atoms with van der Waals surface area (Å²) >= 11 is 0. The van der Waals surface area contributed by atoms with E-state index < -0.39 is 11.8 Å². The summed E-state index contributed by atoms with van der Waals surface area (Å²) in [5.74, 6) is 0.391. The van der Waals surface area contributed by atoms with Crippen molar-refractivity contribution in [2.75, 3.05) is 13.2 Å². The number of hydrogen-bond donors (Lipinski definition) is 2. The molecule has 0 saturated heterocycles. The van der Waals surface area contributed by atoms with Gasteiger partial charge in [-0.15, -0.1) is 0 Å². The Balaban J connectivity index is 2.03. The van der Waals surface area contributed by atoms with Crippen molar-refractivity contribution in [1.82, 2.24) is 10.9 Å². The van der Waals surface area contributed by atoms with Gasteiger partial charge in [0.15, 0.2) is 0 Å². The minimum atomic E-state index is -0.449. The Kier molecular flexibility index (Phi) is 7.67. The molecule has 6 heteroatoms. The molecule has 0 fully saturated rings. The summed E-state index contributed by atoms with van der Waals surface area (Å²) in [5, 5.41) is 0. The number of carbonyl (C=O) groups excluding carboxylic acids is 2. The largest absolute Gasteiger partial charge is 0.493 e. The van der Waals surface area contributed by atoms with Gasteiger partial charge in [-0.2, -0.15) is 0 Å². The second-order valence-electron chi connectivity index (χ2n) is 6.45. The summed E-state index contributed by atoms with van der Waals surface area (Å²) < 4.78 is 11.3. The van der Waals surface area contributed by atoms with Crippen LogP contribution in [0.25, 0.3) is 0 Å². The number of benzene rings is 2. The predicted molar refractivity (Wildman–Crippen MR) is 104 cm³/mol. The van der Waals surface area contributed by atoms with Gasteiger partial charge in [-0.25, -0.2) is 0 Å². The van der Waals surface area contributed by atoms with Crippen molar-refractivity contribution in [3.63, 3.8) is 0 Å². The van der Waals surface area contributed by atoms with Crippen molar-refractivity contribution in [1.29, 1.82) is 0 Å². The topological polar surface area (TPSA) is 76.7 Å². The third-order valence-electron chi connectivity index (χ3n) is 3.59. The smallest absolute Gasteiger partial charge is 0.273 e. The number of rotatable bonds is 8. The standard InChI is InChI=1S/C21H26N2O4/c1-4-13-26-18-11-7-5-9-16(18)20(24)22-23-21(25)17-10-6-8-12-19(17)27-14-15(2)3/h5-12,15H,4,13-14H2,1-3H3,(H,22,24)(H,23,25). The van der Waals surface area contributed by atoms with E-state index in [4.69, 9.17) is 9.47 Å². The van der Waals surface area contributed by atoms with Crippen LogP contribution in [-0.4, -0.2) is 25.0 Å². The zero-order valence-electron chi connectivity index (χ0n) is 16.0. The molecule has 2 N–H and O–H groups in total. The van der Waals surface area contributed by atoms with Crippen LogP contribution in [0.4, 0.5) is 0 Å².